The molecule has 0 aliphatic heterocycles. The van der Waals surface area contributed by atoms with E-state index in [0.717, 1.165) is 5.56 Å². The van der Waals surface area contributed by atoms with Crippen molar-refractivity contribution in [1.29, 1.82) is 0 Å². The van der Waals surface area contributed by atoms with Crippen LogP contribution in [0.25, 0.3) is 0 Å². The molecule has 0 saturated carbocycles. The molecule has 0 aliphatic rings. The molecule has 144 valence electrons. The van der Waals surface area contributed by atoms with Crippen LogP contribution in [0, 0.1) is 19.3 Å². The Bertz CT molecular complexity index is 1090. The Labute approximate surface area is 169 Å². The lowest BCUT2D eigenvalue weighted by Crippen LogP contribution is -2.14. The number of hydrogen-bond acceptors (Lipinski definition) is 4. The number of rotatable bonds is 6. The topological polar surface area (TPSA) is 71.5 Å². The monoisotopic (exact) mass is 385 g/mol. The lowest BCUT2D eigenvalue weighted by molar-refractivity contribution is -0.107. The van der Waals surface area contributed by atoms with Crippen LogP contribution >= 0.6 is 0 Å². The molecule has 0 radical (unpaired) electrons. The van der Waals surface area contributed by atoms with Crippen molar-refractivity contribution in [2.24, 2.45) is 0 Å². The Kier molecular flexibility index (Phi) is 5.91. The van der Waals surface area contributed by atoms with Gasteiger partial charge < -0.3 is 15.0 Å². The second-order valence-electron chi connectivity index (χ2n) is 6.32. The number of benzene rings is 2. The molecule has 6 heteroatoms. The molecule has 0 unspecified atom stereocenters. The van der Waals surface area contributed by atoms with Crippen LogP contribution in [0.1, 0.15) is 21.5 Å². The maximum absolute atomic E-state index is 12.4. The number of nitrogens with zero attached hydrogens (tertiary/aromatic N) is 2. The minimum atomic E-state index is -0.245. The van der Waals surface area contributed by atoms with E-state index in [-0.39, 0.29) is 5.91 Å². The van der Waals surface area contributed by atoms with Gasteiger partial charge in [0.25, 0.3) is 5.91 Å². The predicted octanol–water partition coefficient (Wildman–Crippen LogP) is 4.01. The summed E-state index contributed by atoms with van der Waals surface area (Å²) >= 11 is 0. The summed E-state index contributed by atoms with van der Waals surface area (Å²) in [5.74, 6) is 3.94. The summed E-state index contributed by atoms with van der Waals surface area (Å²) in [5.41, 5.74) is 2.76. The van der Waals surface area contributed by atoms with Crippen molar-refractivity contribution in [2.45, 2.75) is 6.92 Å². The number of anilines is 2. The molecule has 2 amide bonds. The molecule has 0 fully saturated rings. The maximum Gasteiger partial charge on any atom is 0.255 e. The number of carbonyl (C=O) groups is 2. The smallest absolute Gasteiger partial charge is 0.255 e. The fourth-order valence-electron chi connectivity index (χ4n) is 2.57. The van der Waals surface area contributed by atoms with Crippen LogP contribution in [0.4, 0.5) is 11.5 Å². The summed E-state index contributed by atoms with van der Waals surface area (Å²) in [6, 6.07) is 15.6. The molecule has 1 aromatic heterocycles. The third-order valence-corrected chi connectivity index (χ3v) is 4.24. The molecule has 0 aliphatic carbocycles. The third-order valence-electron chi connectivity index (χ3n) is 4.24. The number of aromatic nitrogens is 1. The van der Waals surface area contributed by atoms with Crippen LogP contribution in [0.15, 0.2) is 60.8 Å². The highest BCUT2D eigenvalue weighted by atomic mass is 16.5. The number of amides is 2. The van der Waals surface area contributed by atoms with Gasteiger partial charge in [0.2, 0.25) is 6.41 Å². The fourth-order valence-corrected chi connectivity index (χ4v) is 2.57. The Morgan fingerprint density at radius 3 is 2.59 bits per heavy atom. The van der Waals surface area contributed by atoms with E-state index in [4.69, 9.17) is 11.2 Å². The Hall–Kier alpha value is -4.11. The minimum Gasteiger partial charge on any atom is -0.457 e. The molecule has 0 atom stereocenters. The van der Waals surface area contributed by atoms with Crippen molar-refractivity contribution in [3.8, 4) is 23.8 Å². The summed E-state index contributed by atoms with van der Waals surface area (Å²) < 4.78 is 5.78. The first-order valence-corrected chi connectivity index (χ1v) is 8.81. The van der Waals surface area contributed by atoms with E-state index in [9.17, 15) is 9.59 Å². The lowest BCUT2D eigenvalue weighted by Gasteiger charge is -2.12. The van der Waals surface area contributed by atoms with Gasteiger partial charge in [-0.3, -0.25) is 9.59 Å². The largest absolute Gasteiger partial charge is 0.457 e. The Morgan fingerprint density at radius 1 is 1.14 bits per heavy atom. The second-order valence-corrected chi connectivity index (χ2v) is 6.32. The Morgan fingerprint density at radius 2 is 1.90 bits per heavy atom. The van der Waals surface area contributed by atoms with Crippen LogP contribution < -0.4 is 15.0 Å². The van der Waals surface area contributed by atoms with Gasteiger partial charge in [0.1, 0.15) is 17.3 Å². The predicted molar refractivity (Wildman–Crippen MR) is 112 cm³/mol. The molecule has 0 saturated heterocycles. The van der Waals surface area contributed by atoms with Gasteiger partial charge >= 0.3 is 0 Å². The molecule has 3 aromatic rings. The maximum atomic E-state index is 12.4. The normalized spacial score (nSPS) is 9.97. The van der Waals surface area contributed by atoms with E-state index in [1.54, 1.807) is 61.8 Å². The number of carbonyl (C=O) groups excluding carboxylic acids is 2. The number of terminal acetylenes is 1. The van der Waals surface area contributed by atoms with E-state index in [0.29, 0.717) is 40.5 Å². The van der Waals surface area contributed by atoms with Crippen LogP contribution in [0.3, 0.4) is 0 Å². The van der Waals surface area contributed by atoms with Crippen molar-refractivity contribution in [2.75, 3.05) is 17.3 Å². The molecule has 6 nitrogen and oxygen atoms in total. The number of hydrogen-bond donors (Lipinski definition) is 1. The van der Waals surface area contributed by atoms with Gasteiger partial charge in [-0.15, -0.1) is 6.42 Å². The van der Waals surface area contributed by atoms with Crippen LogP contribution in [-0.4, -0.2) is 24.3 Å². The van der Waals surface area contributed by atoms with Gasteiger partial charge in [0.05, 0.1) is 0 Å². The SMILES string of the molecule is C#Cc1cc(C(=O)Nc2ccc(Oc3ccnc(N(C)C=O)c3)cc2)ccc1C. The minimum absolute atomic E-state index is 0.245. The summed E-state index contributed by atoms with van der Waals surface area (Å²) in [4.78, 5) is 28.8. The highest BCUT2D eigenvalue weighted by molar-refractivity contribution is 6.04. The molecule has 2 aromatic carbocycles. The van der Waals surface area contributed by atoms with Crippen LogP contribution in [0.5, 0.6) is 11.5 Å². The molecule has 29 heavy (non-hydrogen) atoms. The van der Waals surface area contributed by atoms with Gasteiger partial charge in [-0.2, -0.15) is 0 Å². The fraction of sp³-hybridized carbons (Fsp3) is 0.0870. The van der Waals surface area contributed by atoms with E-state index in [2.05, 4.69) is 16.2 Å². The van der Waals surface area contributed by atoms with Crippen molar-refractivity contribution in [1.82, 2.24) is 4.98 Å². The molecule has 1 heterocycles. The average molecular weight is 385 g/mol. The number of nitrogens with one attached hydrogen (secondary N) is 1. The van der Waals surface area contributed by atoms with Crippen molar-refractivity contribution >= 4 is 23.8 Å². The molecular formula is C23H19N3O3. The van der Waals surface area contributed by atoms with E-state index in [1.165, 1.54) is 4.90 Å². The van der Waals surface area contributed by atoms with Crippen molar-refractivity contribution in [3.05, 3.63) is 77.5 Å². The van der Waals surface area contributed by atoms with E-state index in [1.807, 2.05) is 13.0 Å². The zero-order chi connectivity index (χ0) is 20.8. The van der Waals surface area contributed by atoms with E-state index >= 15 is 0 Å². The number of pyridine rings is 1. The van der Waals surface area contributed by atoms with Gasteiger partial charge in [-0.1, -0.05) is 12.0 Å². The average Bonchev–Trinajstić information content (AvgIpc) is 2.75. The zero-order valence-corrected chi connectivity index (χ0v) is 16.0. The van der Waals surface area contributed by atoms with Gasteiger partial charge in [-0.05, 0) is 55.0 Å². The van der Waals surface area contributed by atoms with Gasteiger partial charge in [-0.25, -0.2) is 4.98 Å². The lowest BCUT2D eigenvalue weighted by atomic mass is 10.1. The summed E-state index contributed by atoms with van der Waals surface area (Å²) in [6.45, 7) is 1.90. The standard InChI is InChI=1S/C23H19N3O3/c1-4-17-13-18(6-5-16(17)2)23(28)25-19-7-9-20(10-8-19)29-21-11-12-24-22(14-21)26(3)15-27/h1,5-15H,2-3H3,(H,25,28). The van der Waals surface area contributed by atoms with Crippen LogP contribution in [0.2, 0.25) is 0 Å². The number of ether oxygens (including phenoxy) is 1. The zero-order valence-electron chi connectivity index (χ0n) is 16.0. The molecule has 0 bridgehead atoms. The first kappa shape index (κ1) is 19.6. The molecule has 1 N–H and O–H groups in total. The summed E-state index contributed by atoms with van der Waals surface area (Å²) in [5, 5.41) is 2.83. The third kappa shape index (κ3) is 4.79. The van der Waals surface area contributed by atoms with Crippen molar-refractivity contribution < 1.29 is 14.3 Å². The van der Waals surface area contributed by atoms with Crippen LogP contribution in [-0.2, 0) is 4.79 Å². The number of aryl methyl sites for hydroxylation is 1. The van der Waals surface area contributed by atoms with E-state index < -0.39 is 0 Å². The van der Waals surface area contributed by atoms with Gasteiger partial charge in [0, 0.05) is 36.1 Å². The highest BCUT2D eigenvalue weighted by Gasteiger charge is 2.09. The Balaban J connectivity index is 1.68. The van der Waals surface area contributed by atoms with Crippen molar-refractivity contribution in [3.63, 3.8) is 0 Å². The molecule has 3 rings (SSSR count). The summed E-state index contributed by atoms with van der Waals surface area (Å²) in [6.07, 6.45) is 7.70. The highest BCUT2D eigenvalue weighted by Crippen LogP contribution is 2.25. The quantitative estimate of drug-likeness (QED) is 0.514. The van der Waals surface area contributed by atoms with Gasteiger partial charge in [0.15, 0.2) is 0 Å². The molecular weight excluding hydrogens is 366 g/mol. The molecule has 0 spiro atoms. The summed E-state index contributed by atoms with van der Waals surface area (Å²) in [7, 11) is 1.61. The first-order chi connectivity index (χ1) is 14.0. The second kappa shape index (κ2) is 8.72. The first-order valence-electron chi connectivity index (χ1n) is 8.81.